The Balaban J connectivity index is 2.62. The second-order valence-electron chi connectivity index (χ2n) is 2.30. The molecule has 4 heteroatoms. The van der Waals surface area contributed by atoms with Crippen LogP contribution in [-0.4, -0.2) is 11.1 Å². The summed E-state index contributed by atoms with van der Waals surface area (Å²) < 4.78 is 4.90. The summed E-state index contributed by atoms with van der Waals surface area (Å²) in [6.45, 7) is 0. The van der Waals surface area contributed by atoms with Gasteiger partial charge in [0.25, 0.3) is 0 Å². The molecule has 1 rings (SSSR count). The fourth-order valence-corrected chi connectivity index (χ4v) is 0.818. The Morgan fingerprint density at radius 3 is 3.00 bits per heavy atom. The van der Waals surface area contributed by atoms with Crippen LogP contribution in [0.4, 0.5) is 0 Å². The number of carboxylic acids is 1. The van der Waals surface area contributed by atoms with Gasteiger partial charge in [-0.15, -0.1) is 0 Å². The Kier molecular flexibility index (Phi) is 2.49. The number of hydrogen-bond donors (Lipinski definition) is 1. The maximum absolute atomic E-state index is 10.4. The van der Waals surface area contributed by atoms with Crippen molar-refractivity contribution in [2.45, 2.75) is 6.42 Å². The lowest BCUT2D eigenvalue weighted by Crippen LogP contribution is -2.13. The first-order valence-corrected chi connectivity index (χ1v) is 3.39. The third-order valence-corrected chi connectivity index (χ3v) is 1.44. The molecular weight excluding hydrogens is 158 g/mol. The summed E-state index contributed by atoms with van der Waals surface area (Å²) in [7, 11) is 0. The molecule has 0 aliphatic carbocycles. The van der Waals surface area contributed by atoms with Crippen molar-refractivity contribution in [3.8, 4) is 6.07 Å². The van der Waals surface area contributed by atoms with Crippen LogP contribution in [-0.2, 0) is 11.2 Å². The van der Waals surface area contributed by atoms with Gasteiger partial charge in [-0.2, -0.15) is 5.26 Å². The summed E-state index contributed by atoms with van der Waals surface area (Å²) in [5.41, 5.74) is 0. The third-order valence-electron chi connectivity index (χ3n) is 1.44. The smallest absolute Gasteiger partial charge is 0.321 e. The molecule has 1 N–H and O–H groups in total. The Bertz CT molecular complexity index is 297. The minimum atomic E-state index is -1.12. The molecule has 4 nitrogen and oxygen atoms in total. The fourth-order valence-electron chi connectivity index (χ4n) is 0.818. The van der Waals surface area contributed by atoms with E-state index >= 15 is 0 Å². The summed E-state index contributed by atoms with van der Waals surface area (Å²) in [5.74, 6) is -1.62. The summed E-state index contributed by atoms with van der Waals surface area (Å²) in [4.78, 5) is 10.4. The zero-order valence-corrected chi connectivity index (χ0v) is 6.23. The second-order valence-corrected chi connectivity index (χ2v) is 2.30. The molecule has 1 unspecified atom stereocenters. The van der Waals surface area contributed by atoms with E-state index in [0.717, 1.165) is 0 Å². The highest BCUT2D eigenvalue weighted by Gasteiger charge is 2.17. The van der Waals surface area contributed by atoms with Gasteiger partial charge >= 0.3 is 5.97 Å². The largest absolute Gasteiger partial charge is 0.480 e. The van der Waals surface area contributed by atoms with E-state index in [-0.39, 0.29) is 6.42 Å². The molecular formula is C8H7NO3. The zero-order chi connectivity index (χ0) is 8.97. The summed E-state index contributed by atoms with van der Waals surface area (Å²) in [5, 5.41) is 16.9. The van der Waals surface area contributed by atoms with Gasteiger partial charge < -0.3 is 9.52 Å². The molecule has 0 aliphatic rings. The molecule has 0 aliphatic heterocycles. The normalized spacial score (nSPS) is 11.9. The van der Waals surface area contributed by atoms with Crippen LogP contribution in [0, 0.1) is 17.2 Å². The van der Waals surface area contributed by atoms with Crippen molar-refractivity contribution >= 4 is 5.97 Å². The van der Waals surface area contributed by atoms with Crippen LogP contribution in [0.25, 0.3) is 0 Å². The Morgan fingerprint density at radius 1 is 1.83 bits per heavy atom. The molecule has 0 aromatic carbocycles. The first-order chi connectivity index (χ1) is 5.74. The predicted molar refractivity (Wildman–Crippen MR) is 39.2 cm³/mol. The highest BCUT2D eigenvalue weighted by Crippen LogP contribution is 2.08. The molecule has 1 heterocycles. The van der Waals surface area contributed by atoms with Crippen molar-refractivity contribution < 1.29 is 14.3 Å². The van der Waals surface area contributed by atoms with Crippen molar-refractivity contribution in [2.24, 2.45) is 5.92 Å². The van der Waals surface area contributed by atoms with E-state index in [1.165, 1.54) is 6.26 Å². The number of carbonyl (C=O) groups is 1. The van der Waals surface area contributed by atoms with Crippen molar-refractivity contribution in [3.05, 3.63) is 24.2 Å². The quantitative estimate of drug-likeness (QED) is 0.726. The van der Waals surface area contributed by atoms with Crippen LogP contribution in [0.1, 0.15) is 5.76 Å². The first-order valence-electron chi connectivity index (χ1n) is 3.39. The van der Waals surface area contributed by atoms with Crippen molar-refractivity contribution in [1.82, 2.24) is 0 Å². The molecule has 0 fully saturated rings. The van der Waals surface area contributed by atoms with Crippen LogP contribution < -0.4 is 0 Å². The van der Waals surface area contributed by atoms with Crippen LogP contribution >= 0.6 is 0 Å². The molecule has 12 heavy (non-hydrogen) atoms. The number of furan rings is 1. The van der Waals surface area contributed by atoms with Gasteiger partial charge in [0.15, 0.2) is 5.92 Å². The number of nitrogens with zero attached hydrogens (tertiary/aromatic N) is 1. The molecule has 0 amide bonds. The predicted octanol–water partition coefficient (Wildman–Crippen LogP) is 1.05. The number of rotatable bonds is 3. The lowest BCUT2D eigenvalue weighted by molar-refractivity contribution is -0.139. The standard InChI is InChI=1S/C8H7NO3/c9-5-6(8(10)11)4-7-2-1-3-12-7/h1-3,6H,4H2,(H,10,11). The van der Waals surface area contributed by atoms with Crippen molar-refractivity contribution in [2.75, 3.05) is 0 Å². The third kappa shape index (κ3) is 1.86. The molecule has 1 atom stereocenters. The van der Waals surface area contributed by atoms with Crippen LogP contribution in [0.5, 0.6) is 0 Å². The highest BCUT2D eigenvalue weighted by molar-refractivity contribution is 5.73. The van der Waals surface area contributed by atoms with E-state index in [2.05, 4.69) is 0 Å². The molecule has 0 saturated heterocycles. The van der Waals surface area contributed by atoms with E-state index in [1.54, 1.807) is 18.2 Å². The SMILES string of the molecule is N#CC(Cc1ccco1)C(=O)O. The van der Waals surface area contributed by atoms with Gasteiger partial charge in [0.05, 0.1) is 12.3 Å². The van der Waals surface area contributed by atoms with Crippen molar-refractivity contribution in [3.63, 3.8) is 0 Å². The van der Waals surface area contributed by atoms with Gasteiger partial charge in [-0.1, -0.05) is 0 Å². The average molecular weight is 165 g/mol. The van der Waals surface area contributed by atoms with E-state index in [9.17, 15) is 4.79 Å². The van der Waals surface area contributed by atoms with Gasteiger partial charge in [-0.25, -0.2) is 0 Å². The second kappa shape index (κ2) is 3.58. The minimum Gasteiger partial charge on any atom is -0.480 e. The molecule has 0 spiro atoms. The number of aliphatic carboxylic acids is 1. The van der Waals surface area contributed by atoms with Crippen LogP contribution in [0.2, 0.25) is 0 Å². The summed E-state index contributed by atoms with van der Waals surface area (Å²) >= 11 is 0. The lowest BCUT2D eigenvalue weighted by atomic mass is 10.1. The Morgan fingerprint density at radius 2 is 2.58 bits per heavy atom. The van der Waals surface area contributed by atoms with Crippen LogP contribution in [0.15, 0.2) is 22.8 Å². The monoisotopic (exact) mass is 165 g/mol. The molecule has 0 bridgehead atoms. The molecule has 1 aromatic heterocycles. The van der Waals surface area contributed by atoms with Crippen molar-refractivity contribution in [1.29, 1.82) is 5.26 Å². The summed E-state index contributed by atoms with van der Waals surface area (Å²) in [6, 6.07) is 4.98. The molecule has 62 valence electrons. The van der Waals surface area contributed by atoms with E-state index in [4.69, 9.17) is 14.8 Å². The molecule has 1 aromatic rings. The van der Waals surface area contributed by atoms with Gasteiger partial charge in [0.2, 0.25) is 0 Å². The number of nitriles is 1. The van der Waals surface area contributed by atoms with Crippen LogP contribution in [0.3, 0.4) is 0 Å². The zero-order valence-electron chi connectivity index (χ0n) is 6.23. The Hall–Kier alpha value is -1.76. The average Bonchev–Trinajstić information content (AvgIpc) is 2.51. The van der Waals surface area contributed by atoms with Gasteiger partial charge in [-0.05, 0) is 12.1 Å². The van der Waals surface area contributed by atoms with E-state index < -0.39 is 11.9 Å². The first kappa shape index (κ1) is 8.34. The van der Waals surface area contributed by atoms with E-state index in [1.807, 2.05) is 0 Å². The maximum atomic E-state index is 10.4. The van der Waals surface area contributed by atoms with E-state index in [0.29, 0.717) is 5.76 Å². The number of hydrogen-bond acceptors (Lipinski definition) is 3. The van der Waals surface area contributed by atoms with Gasteiger partial charge in [-0.3, -0.25) is 4.79 Å². The summed E-state index contributed by atoms with van der Waals surface area (Å²) in [6.07, 6.45) is 1.57. The molecule has 0 saturated carbocycles. The Labute approximate surface area is 69.0 Å². The van der Waals surface area contributed by atoms with Gasteiger partial charge in [0, 0.05) is 6.42 Å². The van der Waals surface area contributed by atoms with Gasteiger partial charge in [0.1, 0.15) is 5.76 Å². The molecule has 0 radical (unpaired) electrons. The minimum absolute atomic E-state index is 0.124. The highest BCUT2D eigenvalue weighted by atomic mass is 16.4. The number of carboxylic acid groups (broad SMARTS) is 1. The maximum Gasteiger partial charge on any atom is 0.321 e. The lowest BCUT2D eigenvalue weighted by Gasteiger charge is -1.98. The fraction of sp³-hybridized carbons (Fsp3) is 0.250. The topological polar surface area (TPSA) is 74.2 Å².